The molecule has 1 aromatic heterocycles. The number of fused-ring (bicyclic) bond motifs is 1. The topological polar surface area (TPSA) is 88.9 Å². The van der Waals surface area contributed by atoms with Crippen molar-refractivity contribution >= 4 is 11.8 Å². The van der Waals surface area contributed by atoms with E-state index in [2.05, 4.69) is 20.8 Å². The highest BCUT2D eigenvalue weighted by Gasteiger charge is 2.28. The predicted octanol–water partition coefficient (Wildman–Crippen LogP) is 0.178. The van der Waals surface area contributed by atoms with Crippen LogP contribution in [0.15, 0.2) is 0 Å². The summed E-state index contributed by atoms with van der Waals surface area (Å²) >= 11 is 0. The Kier molecular flexibility index (Phi) is 4.59. The quantitative estimate of drug-likeness (QED) is 0.828. The smallest absolute Gasteiger partial charge is 0.243 e. The van der Waals surface area contributed by atoms with E-state index >= 15 is 0 Å². The van der Waals surface area contributed by atoms with Crippen molar-refractivity contribution in [3.8, 4) is 0 Å². The summed E-state index contributed by atoms with van der Waals surface area (Å²) in [6.07, 6.45) is 1.65. The third-order valence-corrected chi connectivity index (χ3v) is 3.79. The molecular formula is C14H23N5O2. The second-order valence-corrected chi connectivity index (χ2v) is 5.94. The van der Waals surface area contributed by atoms with Crippen LogP contribution < -0.4 is 10.6 Å². The van der Waals surface area contributed by atoms with Gasteiger partial charge in [-0.05, 0) is 19.3 Å². The molecule has 21 heavy (non-hydrogen) atoms. The summed E-state index contributed by atoms with van der Waals surface area (Å²) < 4.78 is 2.04. The van der Waals surface area contributed by atoms with Gasteiger partial charge in [0.1, 0.15) is 17.7 Å². The molecule has 116 valence electrons. The molecule has 0 bridgehead atoms. The molecule has 0 spiro atoms. The second-order valence-electron chi connectivity index (χ2n) is 5.94. The van der Waals surface area contributed by atoms with Crippen molar-refractivity contribution in [2.45, 2.75) is 59.2 Å². The Morgan fingerprint density at radius 3 is 2.67 bits per heavy atom. The standard InChI is InChI=1S/C14H23N5O2/c1-8(2)13(15-10(4)20)14(21)16-11-5-6-12-18-17-9(3)19(12)7-11/h8,11,13H,5-7H2,1-4H3,(H,15,20)(H,16,21)/t11-,13-/m1/s1. The fourth-order valence-electron chi connectivity index (χ4n) is 2.62. The van der Waals surface area contributed by atoms with Gasteiger partial charge in [0, 0.05) is 25.9 Å². The summed E-state index contributed by atoms with van der Waals surface area (Å²) in [7, 11) is 0. The lowest BCUT2D eigenvalue weighted by Gasteiger charge is -2.28. The summed E-state index contributed by atoms with van der Waals surface area (Å²) in [5.41, 5.74) is 0. The number of hydrogen-bond donors (Lipinski definition) is 2. The lowest BCUT2D eigenvalue weighted by atomic mass is 10.0. The maximum atomic E-state index is 12.4. The van der Waals surface area contributed by atoms with E-state index in [-0.39, 0.29) is 23.8 Å². The maximum absolute atomic E-state index is 12.4. The molecule has 1 aliphatic rings. The van der Waals surface area contributed by atoms with Gasteiger partial charge >= 0.3 is 0 Å². The Bertz CT molecular complexity index is 537. The van der Waals surface area contributed by atoms with Crippen LogP contribution >= 0.6 is 0 Å². The molecular weight excluding hydrogens is 270 g/mol. The molecule has 0 unspecified atom stereocenters. The molecule has 0 aliphatic carbocycles. The van der Waals surface area contributed by atoms with Crippen molar-refractivity contribution in [2.75, 3.05) is 0 Å². The molecule has 0 saturated heterocycles. The summed E-state index contributed by atoms with van der Waals surface area (Å²) in [5.74, 6) is 1.57. The molecule has 2 rings (SSSR count). The first-order valence-corrected chi connectivity index (χ1v) is 7.34. The molecule has 7 heteroatoms. The van der Waals surface area contributed by atoms with E-state index in [0.29, 0.717) is 6.54 Å². The van der Waals surface area contributed by atoms with Gasteiger partial charge in [-0.25, -0.2) is 0 Å². The van der Waals surface area contributed by atoms with Gasteiger partial charge < -0.3 is 15.2 Å². The number of hydrogen-bond acceptors (Lipinski definition) is 4. The van der Waals surface area contributed by atoms with Crippen molar-refractivity contribution in [1.82, 2.24) is 25.4 Å². The number of carbonyl (C=O) groups is 2. The number of nitrogens with one attached hydrogen (secondary N) is 2. The van der Waals surface area contributed by atoms with Crippen molar-refractivity contribution in [3.63, 3.8) is 0 Å². The number of nitrogens with zero attached hydrogens (tertiary/aromatic N) is 3. The fourth-order valence-corrected chi connectivity index (χ4v) is 2.62. The predicted molar refractivity (Wildman–Crippen MR) is 77.5 cm³/mol. The minimum Gasteiger partial charge on any atom is -0.350 e. The average molecular weight is 293 g/mol. The Morgan fingerprint density at radius 1 is 1.33 bits per heavy atom. The third kappa shape index (κ3) is 3.59. The van der Waals surface area contributed by atoms with Crippen LogP contribution in [0.1, 0.15) is 38.8 Å². The third-order valence-electron chi connectivity index (χ3n) is 3.79. The van der Waals surface area contributed by atoms with Crippen LogP contribution in [0, 0.1) is 12.8 Å². The first kappa shape index (κ1) is 15.5. The number of carbonyl (C=O) groups excluding carboxylic acids is 2. The summed E-state index contributed by atoms with van der Waals surface area (Å²) in [6, 6.07) is -0.444. The van der Waals surface area contributed by atoms with Gasteiger partial charge in [-0.1, -0.05) is 13.8 Å². The minimum atomic E-state index is -0.495. The van der Waals surface area contributed by atoms with Crippen LogP contribution in [0.4, 0.5) is 0 Å². The van der Waals surface area contributed by atoms with Crippen molar-refractivity contribution < 1.29 is 9.59 Å². The van der Waals surface area contributed by atoms with Gasteiger partial charge in [0.2, 0.25) is 11.8 Å². The van der Waals surface area contributed by atoms with Gasteiger partial charge in [0.15, 0.2) is 0 Å². The molecule has 0 radical (unpaired) electrons. The monoisotopic (exact) mass is 293 g/mol. The summed E-state index contributed by atoms with van der Waals surface area (Å²) in [5, 5.41) is 13.9. The Morgan fingerprint density at radius 2 is 2.05 bits per heavy atom. The summed E-state index contributed by atoms with van der Waals surface area (Å²) in [4.78, 5) is 23.6. The maximum Gasteiger partial charge on any atom is 0.243 e. The van der Waals surface area contributed by atoms with Gasteiger partial charge in [-0.3, -0.25) is 9.59 Å². The molecule has 0 saturated carbocycles. The van der Waals surface area contributed by atoms with Crippen LogP contribution in [0.25, 0.3) is 0 Å². The number of amides is 2. The van der Waals surface area contributed by atoms with Crippen LogP contribution in [0.2, 0.25) is 0 Å². The van der Waals surface area contributed by atoms with Gasteiger partial charge in [0.05, 0.1) is 0 Å². The van der Waals surface area contributed by atoms with E-state index in [9.17, 15) is 9.59 Å². The number of aromatic nitrogens is 3. The van der Waals surface area contributed by atoms with Crippen molar-refractivity contribution in [3.05, 3.63) is 11.6 Å². The van der Waals surface area contributed by atoms with Crippen LogP contribution in [-0.4, -0.2) is 38.7 Å². The lowest BCUT2D eigenvalue weighted by molar-refractivity contribution is -0.129. The zero-order chi connectivity index (χ0) is 15.6. The number of rotatable bonds is 4. The minimum absolute atomic E-state index is 0.0460. The normalized spacial score (nSPS) is 19.0. The average Bonchev–Trinajstić information content (AvgIpc) is 2.77. The van der Waals surface area contributed by atoms with Crippen molar-refractivity contribution in [1.29, 1.82) is 0 Å². The lowest BCUT2D eigenvalue weighted by Crippen LogP contribution is -2.53. The summed E-state index contributed by atoms with van der Waals surface area (Å²) in [6.45, 7) is 7.86. The van der Waals surface area contributed by atoms with E-state index < -0.39 is 6.04 Å². The zero-order valence-corrected chi connectivity index (χ0v) is 13.0. The Labute approximate surface area is 124 Å². The van der Waals surface area contributed by atoms with Crippen molar-refractivity contribution in [2.24, 2.45) is 5.92 Å². The Hall–Kier alpha value is -1.92. The first-order valence-electron chi connectivity index (χ1n) is 7.34. The van der Waals surface area contributed by atoms with Gasteiger partial charge in [0.25, 0.3) is 0 Å². The molecule has 0 aromatic carbocycles. The SMILES string of the molecule is CC(=O)N[C@@H](C(=O)N[C@@H]1CCc2nnc(C)n2C1)C(C)C. The second kappa shape index (κ2) is 6.24. The first-order chi connectivity index (χ1) is 9.88. The van der Waals surface area contributed by atoms with E-state index in [1.165, 1.54) is 6.92 Å². The molecule has 2 amide bonds. The van der Waals surface area contributed by atoms with Gasteiger partial charge in [-0.2, -0.15) is 0 Å². The number of aryl methyl sites for hydroxylation is 2. The molecule has 2 heterocycles. The molecule has 2 atom stereocenters. The van der Waals surface area contributed by atoms with Crippen LogP contribution in [-0.2, 0) is 22.6 Å². The highest BCUT2D eigenvalue weighted by atomic mass is 16.2. The zero-order valence-electron chi connectivity index (χ0n) is 13.0. The fraction of sp³-hybridized carbons (Fsp3) is 0.714. The molecule has 7 nitrogen and oxygen atoms in total. The van der Waals surface area contributed by atoms with Crippen LogP contribution in [0.5, 0.6) is 0 Å². The molecule has 0 fully saturated rings. The van der Waals surface area contributed by atoms with Gasteiger partial charge in [-0.15, -0.1) is 10.2 Å². The molecule has 1 aliphatic heterocycles. The van der Waals surface area contributed by atoms with E-state index in [1.807, 2.05) is 25.3 Å². The largest absolute Gasteiger partial charge is 0.350 e. The highest BCUT2D eigenvalue weighted by molar-refractivity contribution is 5.87. The van der Waals surface area contributed by atoms with E-state index in [0.717, 1.165) is 24.5 Å². The van der Waals surface area contributed by atoms with E-state index in [1.54, 1.807) is 0 Å². The Balaban J connectivity index is 2.00. The molecule has 2 N–H and O–H groups in total. The van der Waals surface area contributed by atoms with E-state index in [4.69, 9.17) is 0 Å². The molecule has 1 aromatic rings. The highest BCUT2D eigenvalue weighted by Crippen LogP contribution is 2.15. The van der Waals surface area contributed by atoms with Crippen LogP contribution in [0.3, 0.4) is 0 Å².